The highest BCUT2D eigenvalue weighted by Gasteiger charge is 2.12. The molecular formula is C9H18. The van der Waals surface area contributed by atoms with Gasteiger partial charge in [0, 0.05) is 0 Å². The van der Waals surface area contributed by atoms with Crippen LogP contribution in [0.15, 0.2) is 12.7 Å². The number of hydrogen-bond acceptors (Lipinski definition) is 0. The number of allylic oxidation sites excluding steroid dienone is 1. The van der Waals surface area contributed by atoms with Crippen molar-refractivity contribution in [1.82, 2.24) is 0 Å². The Hall–Kier alpha value is -0.260. The second-order valence-corrected chi connectivity index (χ2v) is 3.30. The zero-order valence-electron chi connectivity index (χ0n) is 7.02. The summed E-state index contributed by atoms with van der Waals surface area (Å²) in [5.74, 6) is 2.16. The van der Waals surface area contributed by atoms with Crippen molar-refractivity contribution in [1.29, 1.82) is 0 Å². The predicted octanol–water partition coefficient (Wildman–Crippen LogP) is 3.10. The lowest BCUT2D eigenvalue weighted by Gasteiger charge is -2.19. The Kier molecular flexibility index (Phi) is 3.60. The van der Waals surface area contributed by atoms with Crippen LogP contribution in [0.1, 0.15) is 27.7 Å². The first-order chi connectivity index (χ1) is 4.09. The molecule has 0 amide bonds. The van der Waals surface area contributed by atoms with Crippen LogP contribution in [0.4, 0.5) is 0 Å². The molecule has 0 radical (unpaired) electrons. The third-order valence-corrected chi connectivity index (χ3v) is 1.81. The lowest BCUT2D eigenvalue weighted by Crippen LogP contribution is -2.11. The van der Waals surface area contributed by atoms with E-state index in [0.717, 1.165) is 11.8 Å². The van der Waals surface area contributed by atoms with Gasteiger partial charge in [-0.2, -0.15) is 0 Å². The molecule has 0 spiro atoms. The van der Waals surface area contributed by atoms with Gasteiger partial charge in [0.05, 0.1) is 0 Å². The van der Waals surface area contributed by atoms with Crippen molar-refractivity contribution in [3.8, 4) is 0 Å². The van der Waals surface area contributed by atoms with Gasteiger partial charge in [0.15, 0.2) is 0 Å². The molecule has 0 N–H and O–H groups in total. The van der Waals surface area contributed by atoms with Crippen molar-refractivity contribution >= 4 is 0 Å². The van der Waals surface area contributed by atoms with Crippen LogP contribution in [0.3, 0.4) is 0 Å². The van der Waals surface area contributed by atoms with E-state index in [0.29, 0.717) is 5.92 Å². The van der Waals surface area contributed by atoms with E-state index in [1.165, 1.54) is 0 Å². The number of rotatable bonds is 3. The molecular weight excluding hydrogens is 108 g/mol. The summed E-state index contributed by atoms with van der Waals surface area (Å²) >= 11 is 0. The molecule has 0 saturated carbocycles. The third-order valence-electron chi connectivity index (χ3n) is 1.81. The summed E-state index contributed by atoms with van der Waals surface area (Å²) in [7, 11) is 0. The van der Waals surface area contributed by atoms with Gasteiger partial charge in [-0.3, -0.25) is 0 Å². The average molecular weight is 126 g/mol. The molecule has 0 aromatic carbocycles. The lowest BCUT2D eigenvalue weighted by atomic mass is 9.86. The molecule has 0 nitrogen and oxygen atoms in total. The van der Waals surface area contributed by atoms with E-state index < -0.39 is 0 Å². The quantitative estimate of drug-likeness (QED) is 0.510. The van der Waals surface area contributed by atoms with Crippen LogP contribution in [-0.4, -0.2) is 0 Å². The van der Waals surface area contributed by atoms with Crippen LogP contribution in [0, 0.1) is 17.8 Å². The molecule has 0 heteroatoms. The predicted molar refractivity (Wildman–Crippen MR) is 43.4 cm³/mol. The Morgan fingerprint density at radius 3 is 1.33 bits per heavy atom. The van der Waals surface area contributed by atoms with E-state index in [2.05, 4.69) is 40.3 Å². The van der Waals surface area contributed by atoms with Gasteiger partial charge in [0.25, 0.3) is 0 Å². The molecule has 0 bridgehead atoms. The van der Waals surface area contributed by atoms with Crippen molar-refractivity contribution in [2.45, 2.75) is 27.7 Å². The van der Waals surface area contributed by atoms with Gasteiger partial charge < -0.3 is 0 Å². The molecule has 0 aromatic rings. The van der Waals surface area contributed by atoms with E-state index in [4.69, 9.17) is 0 Å². The first-order valence-electron chi connectivity index (χ1n) is 3.72. The Morgan fingerprint density at radius 2 is 1.33 bits per heavy atom. The third kappa shape index (κ3) is 2.69. The fourth-order valence-electron chi connectivity index (χ4n) is 1.31. The molecule has 0 rings (SSSR count). The van der Waals surface area contributed by atoms with Gasteiger partial charge in [-0.1, -0.05) is 33.8 Å². The van der Waals surface area contributed by atoms with Crippen LogP contribution in [0.25, 0.3) is 0 Å². The monoisotopic (exact) mass is 126 g/mol. The maximum atomic E-state index is 3.80. The Balaban J connectivity index is 3.82. The van der Waals surface area contributed by atoms with Gasteiger partial charge in [0.1, 0.15) is 0 Å². The van der Waals surface area contributed by atoms with Crippen LogP contribution in [0.5, 0.6) is 0 Å². The van der Waals surface area contributed by atoms with Gasteiger partial charge in [-0.05, 0) is 17.8 Å². The molecule has 0 aliphatic rings. The summed E-state index contributed by atoms with van der Waals surface area (Å²) in [4.78, 5) is 0. The normalized spacial score (nSPS) is 11.4. The van der Waals surface area contributed by atoms with Crippen LogP contribution in [-0.2, 0) is 0 Å². The fourth-order valence-corrected chi connectivity index (χ4v) is 1.31. The second-order valence-electron chi connectivity index (χ2n) is 3.30. The van der Waals surface area contributed by atoms with Crippen LogP contribution in [0.2, 0.25) is 0 Å². The van der Waals surface area contributed by atoms with E-state index in [9.17, 15) is 0 Å². The summed E-state index contributed by atoms with van der Waals surface area (Å²) in [6.45, 7) is 12.8. The second kappa shape index (κ2) is 3.71. The highest BCUT2D eigenvalue weighted by Crippen LogP contribution is 2.20. The number of hydrogen-bond donors (Lipinski definition) is 0. The smallest absolute Gasteiger partial charge is 0.0190 e. The maximum Gasteiger partial charge on any atom is -0.0190 e. The van der Waals surface area contributed by atoms with Crippen molar-refractivity contribution < 1.29 is 0 Å². The van der Waals surface area contributed by atoms with Crippen LogP contribution < -0.4 is 0 Å². The molecule has 0 aliphatic carbocycles. The lowest BCUT2D eigenvalue weighted by molar-refractivity contribution is 0.356. The Labute approximate surface area is 59.0 Å². The maximum absolute atomic E-state index is 3.80. The molecule has 0 aliphatic heterocycles. The molecule has 0 heterocycles. The zero-order chi connectivity index (χ0) is 7.44. The molecule has 0 aromatic heterocycles. The van der Waals surface area contributed by atoms with Gasteiger partial charge >= 0.3 is 0 Å². The van der Waals surface area contributed by atoms with Crippen molar-refractivity contribution in [3.63, 3.8) is 0 Å². The summed E-state index contributed by atoms with van der Waals surface area (Å²) < 4.78 is 0. The first-order valence-corrected chi connectivity index (χ1v) is 3.72. The van der Waals surface area contributed by atoms with E-state index in [-0.39, 0.29) is 0 Å². The highest BCUT2D eigenvalue weighted by atomic mass is 14.2. The Bertz CT molecular complexity index is 72.0. The zero-order valence-corrected chi connectivity index (χ0v) is 7.02. The molecule has 0 unspecified atom stereocenters. The standard InChI is InChI=1S/C9H18/c1-6-9(7(2)3)8(4)5/h6-9H,1H2,2-5H3. The molecule has 9 heavy (non-hydrogen) atoms. The van der Waals surface area contributed by atoms with Crippen molar-refractivity contribution in [3.05, 3.63) is 12.7 Å². The summed E-state index contributed by atoms with van der Waals surface area (Å²) in [5.41, 5.74) is 0. The highest BCUT2D eigenvalue weighted by molar-refractivity contribution is 4.83. The van der Waals surface area contributed by atoms with E-state index in [1.54, 1.807) is 0 Å². The Morgan fingerprint density at radius 1 is 1.00 bits per heavy atom. The van der Waals surface area contributed by atoms with Gasteiger partial charge in [0.2, 0.25) is 0 Å². The summed E-state index contributed by atoms with van der Waals surface area (Å²) in [5, 5.41) is 0. The van der Waals surface area contributed by atoms with E-state index >= 15 is 0 Å². The fraction of sp³-hybridized carbons (Fsp3) is 0.778. The summed E-state index contributed by atoms with van der Waals surface area (Å²) in [6.07, 6.45) is 2.06. The minimum absolute atomic E-state index is 0.685. The average Bonchev–Trinajstić information content (AvgIpc) is 1.64. The topological polar surface area (TPSA) is 0 Å². The van der Waals surface area contributed by atoms with Crippen LogP contribution >= 0.6 is 0 Å². The SMILES string of the molecule is C=CC(C(C)C)C(C)C. The first kappa shape index (κ1) is 8.74. The molecule has 0 saturated heterocycles. The molecule has 54 valence electrons. The minimum Gasteiger partial charge on any atom is -0.103 e. The van der Waals surface area contributed by atoms with Gasteiger partial charge in [-0.15, -0.1) is 6.58 Å². The van der Waals surface area contributed by atoms with E-state index in [1.807, 2.05) is 0 Å². The minimum atomic E-state index is 0.685. The van der Waals surface area contributed by atoms with Crippen molar-refractivity contribution in [2.75, 3.05) is 0 Å². The summed E-state index contributed by atoms with van der Waals surface area (Å²) in [6, 6.07) is 0. The molecule has 0 atom stereocenters. The van der Waals surface area contributed by atoms with Gasteiger partial charge in [-0.25, -0.2) is 0 Å². The largest absolute Gasteiger partial charge is 0.103 e. The van der Waals surface area contributed by atoms with Crippen molar-refractivity contribution in [2.24, 2.45) is 17.8 Å². The molecule has 0 fully saturated rings.